The molecule has 1 aromatic rings. The lowest BCUT2D eigenvalue weighted by Crippen LogP contribution is -2.47. The van der Waals surface area contributed by atoms with Crippen molar-refractivity contribution in [2.45, 2.75) is 39.2 Å². The summed E-state index contributed by atoms with van der Waals surface area (Å²) >= 11 is 0. The van der Waals surface area contributed by atoms with Gasteiger partial charge in [-0.2, -0.15) is 0 Å². The van der Waals surface area contributed by atoms with Gasteiger partial charge in [0.2, 0.25) is 5.91 Å². The van der Waals surface area contributed by atoms with Gasteiger partial charge in [0.15, 0.2) is 5.03 Å². The second kappa shape index (κ2) is 12.3. The third-order valence-corrected chi connectivity index (χ3v) is 4.12. The first kappa shape index (κ1) is 22.9. The highest BCUT2D eigenvalue weighted by Gasteiger charge is 2.21. The number of carbonyl (C=O) groups excluding carboxylic acids is 2. The van der Waals surface area contributed by atoms with Crippen LogP contribution in [0.1, 0.15) is 43.5 Å². The predicted molar refractivity (Wildman–Crippen MR) is 106 cm³/mol. The van der Waals surface area contributed by atoms with Crippen molar-refractivity contribution >= 4 is 17.8 Å². The second-order valence-corrected chi connectivity index (χ2v) is 6.43. The van der Waals surface area contributed by atoms with E-state index < -0.39 is 11.1 Å². The van der Waals surface area contributed by atoms with E-state index in [1.807, 2.05) is 13.8 Å². The van der Waals surface area contributed by atoms with Crippen LogP contribution in [0.5, 0.6) is 0 Å². The molecule has 10 heteroatoms. The van der Waals surface area contributed by atoms with Crippen molar-refractivity contribution in [1.82, 2.24) is 16.1 Å². The molecule has 10 nitrogen and oxygen atoms in total. The van der Waals surface area contributed by atoms with Gasteiger partial charge in [0.25, 0.3) is 11.9 Å². The van der Waals surface area contributed by atoms with Crippen molar-refractivity contribution in [3.8, 4) is 0 Å². The van der Waals surface area contributed by atoms with Crippen LogP contribution >= 0.6 is 0 Å². The summed E-state index contributed by atoms with van der Waals surface area (Å²) in [7, 11) is 0. The van der Waals surface area contributed by atoms with Crippen LogP contribution in [-0.2, 0) is 4.79 Å². The number of hydrogen-bond donors (Lipinski definition) is 4. The van der Waals surface area contributed by atoms with Gasteiger partial charge in [-0.05, 0) is 30.9 Å². The van der Waals surface area contributed by atoms with Crippen molar-refractivity contribution in [3.63, 3.8) is 0 Å². The van der Waals surface area contributed by atoms with E-state index in [1.54, 1.807) is 35.8 Å². The van der Waals surface area contributed by atoms with Crippen LogP contribution in [0.15, 0.2) is 35.3 Å². The molecule has 0 fully saturated rings. The van der Waals surface area contributed by atoms with Crippen LogP contribution in [0.25, 0.3) is 0 Å². The monoisotopic (exact) mass is 392 g/mol. The van der Waals surface area contributed by atoms with Gasteiger partial charge in [0.1, 0.15) is 6.04 Å². The van der Waals surface area contributed by atoms with Crippen LogP contribution in [0.2, 0.25) is 0 Å². The van der Waals surface area contributed by atoms with Crippen LogP contribution in [0.4, 0.5) is 0 Å². The quantitative estimate of drug-likeness (QED) is 0.144. The Morgan fingerprint density at radius 1 is 1.29 bits per heavy atom. The maximum Gasteiger partial charge on any atom is 0.251 e. The number of nitro groups is 1. The zero-order chi connectivity index (χ0) is 20.9. The number of nitrogens with one attached hydrogen (secondary N) is 3. The number of benzene rings is 1. The molecule has 2 amide bonds. The smallest absolute Gasteiger partial charge is 0.251 e. The topological polar surface area (TPSA) is 152 Å². The fourth-order valence-electron chi connectivity index (χ4n) is 2.27. The summed E-state index contributed by atoms with van der Waals surface area (Å²) in [5, 5.41) is 15.1. The molecule has 0 saturated carbocycles. The SMILES string of the molecule is CCC(C)CNC(=O)[C@H](CCCN=C(N)N[N+](=O)[O-])NC(=O)c1ccccc1. The molecule has 0 aliphatic rings. The number of hydrazine groups is 1. The van der Waals surface area contributed by atoms with E-state index >= 15 is 0 Å². The van der Waals surface area contributed by atoms with E-state index in [-0.39, 0.29) is 24.3 Å². The first-order valence-electron chi connectivity index (χ1n) is 9.18. The highest BCUT2D eigenvalue weighted by molar-refractivity contribution is 5.97. The Hall–Kier alpha value is -3.17. The Morgan fingerprint density at radius 3 is 2.57 bits per heavy atom. The number of guanidine groups is 1. The van der Waals surface area contributed by atoms with E-state index in [4.69, 9.17) is 5.73 Å². The molecule has 0 spiro atoms. The number of nitrogens with zero attached hydrogens (tertiary/aromatic N) is 2. The molecule has 0 radical (unpaired) electrons. The molecule has 0 heterocycles. The van der Waals surface area contributed by atoms with Gasteiger partial charge >= 0.3 is 0 Å². The van der Waals surface area contributed by atoms with E-state index in [9.17, 15) is 19.7 Å². The fraction of sp³-hybridized carbons (Fsp3) is 0.500. The normalized spacial score (nSPS) is 13.3. The van der Waals surface area contributed by atoms with Gasteiger partial charge in [0.05, 0.1) is 0 Å². The minimum Gasteiger partial charge on any atom is -0.365 e. The second-order valence-electron chi connectivity index (χ2n) is 6.43. The lowest BCUT2D eigenvalue weighted by atomic mass is 10.1. The summed E-state index contributed by atoms with van der Waals surface area (Å²) in [5.74, 6) is -0.601. The zero-order valence-electron chi connectivity index (χ0n) is 16.2. The van der Waals surface area contributed by atoms with Gasteiger partial charge < -0.3 is 16.4 Å². The van der Waals surface area contributed by atoms with Crippen LogP contribution in [0.3, 0.4) is 0 Å². The minimum absolute atomic E-state index is 0.184. The van der Waals surface area contributed by atoms with Gasteiger partial charge in [-0.25, -0.2) is 15.1 Å². The van der Waals surface area contributed by atoms with Gasteiger partial charge in [-0.1, -0.05) is 43.9 Å². The molecule has 0 bridgehead atoms. The van der Waals surface area contributed by atoms with E-state index in [0.29, 0.717) is 30.9 Å². The molecule has 1 unspecified atom stereocenters. The Labute approximate surface area is 164 Å². The average Bonchev–Trinajstić information content (AvgIpc) is 2.68. The van der Waals surface area contributed by atoms with Crippen molar-refractivity contribution in [3.05, 3.63) is 46.0 Å². The standard InChI is InChI=1S/C18H28N6O4/c1-3-13(2)12-21-17(26)15(10-7-11-20-18(19)23-24(27)28)22-16(25)14-8-5-4-6-9-14/h4-6,8-9,13,15H,3,7,10-12H2,1-2H3,(H,21,26)(H,22,25)(H3,19,20,23)/t13?,15-/m0/s1. The highest BCUT2D eigenvalue weighted by Crippen LogP contribution is 2.04. The number of aliphatic imine (C=N–C) groups is 1. The minimum atomic E-state index is -0.802. The molecule has 2 atom stereocenters. The fourth-order valence-corrected chi connectivity index (χ4v) is 2.27. The average molecular weight is 392 g/mol. The number of carbonyl (C=O) groups is 2. The molecule has 5 N–H and O–H groups in total. The summed E-state index contributed by atoms with van der Waals surface area (Å²) in [6.07, 6.45) is 1.66. The molecule has 154 valence electrons. The summed E-state index contributed by atoms with van der Waals surface area (Å²) in [6, 6.07) is 7.88. The molecule has 0 aromatic heterocycles. The number of nitrogens with two attached hydrogens (primary N) is 1. The van der Waals surface area contributed by atoms with Crippen LogP contribution < -0.4 is 21.8 Å². The van der Waals surface area contributed by atoms with Gasteiger partial charge in [-0.15, -0.1) is 0 Å². The Balaban J connectivity index is 2.67. The van der Waals surface area contributed by atoms with Crippen molar-refractivity contribution < 1.29 is 14.6 Å². The number of amides is 2. The number of hydrogen-bond acceptors (Lipinski definition) is 5. The molecular weight excluding hydrogens is 364 g/mol. The van der Waals surface area contributed by atoms with Crippen LogP contribution in [0, 0.1) is 16.0 Å². The first-order valence-corrected chi connectivity index (χ1v) is 9.18. The van der Waals surface area contributed by atoms with Gasteiger partial charge in [0, 0.05) is 18.7 Å². The molecule has 0 aliphatic carbocycles. The summed E-state index contributed by atoms with van der Waals surface area (Å²) in [5.41, 5.74) is 7.56. The van der Waals surface area contributed by atoms with Crippen molar-refractivity contribution in [2.75, 3.05) is 13.1 Å². The van der Waals surface area contributed by atoms with Gasteiger partial charge in [-0.3, -0.25) is 9.59 Å². The summed E-state index contributed by atoms with van der Waals surface area (Å²) in [6.45, 7) is 4.76. The molecule has 0 saturated heterocycles. The summed E-state index contributed by atoms with van der Waals surface area (Å²) in [4.78, 5) is 39.0. The zero-order valence-corrected chi connectivity index (χ0v) is 16.2. The van der Waals surface area contributed by atoms with E-state index in [1.165, 1.54) is 0 Å². The molecule has 28 heavy (non-hydrogen) atoms. The summed E-state index contributed by atoms with van der Waals surface area (Å²) < 4.78 is 0. The lowest BCUT2D eigenvalue weighted by Gasteiger charge is -2.19. The van der Waals surface area contributed by atoms with Crippen molar-refractivity contribution in [1.29, 1.82) is 0 Å². The highest BCUT2D eigenvalue weighted by atomic mass is 16.7. The number of rotatable bonds is 11. The maximum atomic E-state index is 12.5. The first-order chi connectivity index (χ1) is 13.3. The lowest BCUT2D eigenvalue weighted by molar-refractivity contribution is -0.525. The third-order valence-electron chi connectivity index (χ3n) is 4.12. The Morgan fingerprint density at radius 2 is 1.96 bits per heavy atom. The van der Waals surface area contributed by atoms with Crippen molar-refractivity contribution in [2.24, 2.45) is 16.6 Å². The largest absolute Gasteiger partial charge is 0.365 e. The maximum absolute atomic E-state index is 12.5. The predicted octanol–water partition coefficient (Wildman–Crippen LogP) is 0.824. The third kappa shape index (κ3) is 8.97. The Kier molecular flexibility index (Phi) is 10.0. The molecule has 1 aromatic carbocycles. The van der Waals surface area contributed by atoms with Crippen LogP contribution in [-0.4, -0.2) is 41.9 Å². The molecule has 0 aliphatic heterocycles. The van der Waals surface area contributed by atoms with E-state index in [2.05, 4.69) is 15.6 Å². The molecule has 1 rings (SSSR count). The molecular formula is C18H28N6O4. The Bertz CT molecular complexity index is 680. The van der Waals surface area contributed by atoms with E-state index in [0.717, 1.165) is 6.42 Å².